The summed E-state index contributed by atoms with van der Waals surface area (Å²) in [5, 5.41) is 0. The third kappa shape index (κ3) is 19.4. The van der Waals surface area contributed by atoms with E-state index in [2.05, 4.69) is 27.7 Å². The van der Waals surface area contributed by atoms with Gasteiger partial charge in [-0.1, -0.05) is 111 Å². The molecule has 1 saturated heterocycles. The summed E-state index contributed by atoms with van der Waals surface area (Å²) < 4.78 is 104. The van der Waals surface area contributed by atoms with Gasteiger partial charge in [-0.25, -0.2) is 8.78 Å². The summed E-state index contributed by atoms with van der Waals surface area (Å²) in [7, 11) is 0. The minimum Gasteiger partial charge on any atom is -0.376 e. The zero-order valence-electron chi connectivity index (χ0n) is 24.1. The SMILES string of the molecule is CC(F)(F)C(F)(F)C(F)(F)C(F)F.CCCCC(C)OCC1CO1.CCCCCCCCCCCCCC. The molecular formula is C28H52F8O2. The smallest absolute Gasteiger partial charge is 0.376 e. The van der Waals surface area contributed by atoms with Crippen molar-refractivity contribution < 1.29 is 44.6 Å². The van der Waals surface area contributed by atoms with Crippen LogP contribution >= 0.6 is 0 Å². The maximum absolute atomic E-state index is 12.0. The Morgan fingerprint density at radius 3 is 1.34 bits per heavy atom. The topological polar surface area (TPSA) is 21.8 Å². The van der Waals surface area contributed by atoms with Gasteiger partial charge in [0.1, 0.15) is 6.10 Å². The average Bonchev–Trinajstić information content (AvgIpc) is 3.67. The lowest BCUT2D eigenvalue weighted by Crippen LogP contribution is -2.56. The summed E-state index contributed by atoms with van der Waals surface area (Å²) in [5.41, 5.74) is 0. The van der Waals surface area contributed by atoms with Crippen LogP contribution in [-0.2, 0) is 9.47 Å². The minimum atomic E-state index is -6.06. The number of halogens is 8. The van der Waals surface area contributed by atoms with Gasteiger partial charge in [0.2, 0.25) is 0 Å². The molecule has 0 aromatic rings. The van der Waals surface area contributed by atoms with Crippen LogP contribution in [0.5, 0.6) is 0 Å². The molecule has 1 aliphatic rings. The molecule has 10 heteroatoms. The van der Waals surface area contributed by atoms with Crippen LogP contribution in [0.4, 0.5) is 35.1 Å². The van der Waals surface area contributed by atoms with Crippen LogP contribution in [0.25, 0.3) is 0 Å². The Balaban J connectivity index is 0. The van der Waals surface area contributed by atoms with Crippen LogP contribution in [0.1, 0.15) is 131 Å². The first-order valence-corrected chi connectivity index (χ1v) is 14.3. The van der Waals surface area contributed by atoms with Crippen LogP contribution in [0.15, 0.2) is 0 Å². The van der Waals surface area contributed by atoms with Gasteiger partial charge in [-0.2, -0.15) is 26.3 Å². The van der Waals surface area contributed by atoms with Crippen molar-refractivity contribution in [1.82, 2.24) is 0 Å². The van der Waals surface area contributed by atoms with E-state index in [9.17, 15) is 35.1 Å². The molecular weight excluding hydrogens is 520 g/mol. The molecule has 0 aromatic heterocycles. The highest BCUT2D eigenvalue weighted by Gasteiger charge is 2.73. The normalized spacial score (nSPS) is 16.4. The van der Waals surface area contributed by atoms with Gasteiger partial charge >= 0.3 is 24.2 Å². The Morgan fingerprint density at radius 1 is 0.711 bits per heavy atom. The number of epoxide rings is 1. The Labute approximate surface area is 225 Å². The predicted molar refractivity (Wildman–Crippen MR) is 138 cm³/mol. The lowest BCUT2D eigenvalue weighted by atomic mass is 10.1. The molecule has 0 spiro atoms. The predicted octanol–water partition coefficient (Wildman–Crippen LogP) is 10.9. The van der Waals surface area contributed by atoms with E-state index in [-0.39, 0.29) is 0 Å². The molecule has 2 unspecified atom stereocenters. The number of unbranched alkanes of at least 4 members (excludes halogenated alkanes) is 12. The van der Waals surface area contributed by atoms with Gasteiger partial charge in [0.05, 0.1) is 19.3 Å². The van der Waals surface area contributed by atoms with Crippen molar-refractivity contribution in [1.29, 1.82) is 0 Å². The zero-order chi connectivity index (χ0) is 29.7. The zero-order valence-corrected chi connectivity index (χ0v) is 24.1. The standard InChI is InChI=1S/C14H30.C9H18O2.C5H4F8/c1-3-5-7-9-11-13-14-12-10-8-6-4-2;1-3-4-5-8(2)10-6-9-7-11-9;1-3(8,9)5(12,13)4(10,11)2(6)7/h3-14H2,1-2H3;8-9H,3-7H2,1-2H3;2H,1H3. The van der Waals surface area contributed by atoms with Crippen LogP contribution < -0.4 is 0 Å². The first-order valence-electron chi connectivity index (χ1n) is 14.3. The first kappa shape index (κ1) is 39.5. The van der Waals surface area contributed by atoms with Gasteiger partial charge in [-0.05, 0) is 13.3 Å². The summed E-state index contributed by atoms with van der Waals surface area (Å²) >= 11 is 0. The van der Waals surface area contributed by atoms with Crippen molar-refractivity contribution in [3.8, 4) is 0 Å². The highest BCUT2D eigenvalue weighted by molar-refractivity contribution is 4.95. The maximum atomic E-state index is 12.0. The van der Waals surface area contributed by atoms with E-state index in [1.54, 1.807) is 0 Å². The lowest BCUT2D eigenvalue weighted by Gasteiger charge is -2.29. The van der Waals surface area contributed by atoms with Crippen molar-refractivity contribution in [2.45, 2.75) is 167 Å². The van der Waals surface area contributed by atoms with Crippen molar-refractivity contribution in [3.05, 3.63) is 0 Å². The summed E-state index contributed by atoms with van der Waals surface area (Å²) in [4.78, 5) is 0. The van der Waals surface area contributed by atoms with E-state index in [4.69, 9.17) is 9.47 Å². The third-order valence-electron chi connectivity index (χ3n) is 6.13. The van der Waals surface area contributed by atoms with Crippen molar-refractivity contribution >= 4 is 0 Å². The quantitative estimate of drug-likeness (QED) is 0.0822. The molecule has 1 fully saturated rings. The highest BCUT2D eigenvalue weighted by Crippen LogP contribution is 2.48. The second-order valence-electron chi connectivity index (χ2n) is 10.2. The second-order valence-corrected chi connectivity index (χ2v) is 10.2. The molecule has 0 N–H and O–H groups in total. The van der Waals surface area contributed by atoms with Gasteiger partial charge in [0, 0.05) is 6.92 Å². The lowest BCUT2D eigenvalue weighted by molar-refractivity contribution is -0.333. The molecule has 1 aliphatic heterocycles. The van der Waals surface area contributed by atoms with Gasteiger partial charge in [-0.3, -0.25) is 0 Å². The third-order valence-corrected chi connectivity index (χ3v) is 6.13. The van der Waals surface area contributed by atoms with E-state index in [0.29, 0.717) is 12.2 Å². The Bertz CT molecular complexity index is 511. The Morgan fingerprint density at radius 2 is 1.08 bits per heavy atom. The molecule has 2 atom stereocenters. The molecule has 38 heavy (non-hydrogen) atoms. The maximum Gasteiger partial charge on any atom is 0.377 e. The van der Waals surface area contributed by atoms with Gasteiger partial charge in [0.15, 0.2) is 0 Å². The summed E-state index contributed by atoms with van der Waals surface area (Å²) in [5.74, 6) is -17.3. The van der Waals surface area contributed by atoms with Gasteiger partial charge in [0.25, 0.3) is 0 Å². The van der Waals surface area contributed by atoms with Crippen LogP contribution in [0, 0.1) is 0 Å². The monoisotopic (exact) mass is 572 g/mol. The van der Waals surface area contributed by atoms with Gasteiger partial charge < -0.3 is 9.47 Å². The Kier molecular flexibility index (Phi) is 23.0. The molecule has 1 rings (SSSR count). The van der Waals surface area contributed by atoms with E-state index in [1.807, 2.05) is 0 Å². The molecule has 0 saturated carbocycles. The first-order chi connectivity index (χ1) is 17.7. The number of rotatable bonds is 20. The average molecular weight is 573 g/mol. The van der Waals surface area contributed by atoms with E-state index >= 15 is 0 Å². The summed E-state index contributed by atoms with van der Waals surface area (Å²) in [6.07, 6.45) is 17.1. The van der Waals surface area contributed by atoms with Crippen LogP contribution in [-0.4, -0.2) is 49.6 Å². The van der Waals surface area contributed by atoms with Crippen molar-refractivity contribution in [3.63, 3.8) is 0 Å². The van der Waals surface area contributed by atoms with Crippen LogP contribution in [0.3, 0.4) is 0 Å². The Hall–Kier alpha value is -0.640. The number of ether oxygens (including phenoxy) is 2. The van der Waals surface area contributed by atoms with Gasteiger partial charge in [-0.15, -0.1) is 0 Å². The van der Waals surface area contributed by atoms with E-state index < -0.39 is 31.1 Å². The molecule has 0 bridgehead atoms. The molecule has 2 nitrogen and oxygen atoms in total. The van der Waals surface area contributed by atoms with Crippen molar-refractivity contribution in [2.24, 2.45) is 0 Å². The number of hydrogen-bond acceptors (Lipinski definition) is 2. The second kappa shape index (κ2) is 22.1. The highest BCUT2D eigenvalue weighted by atomic mass is 19.4. The summed E-state index contributed by atoms with van der Waals surface area (Å²) in [6, 6.07) is 0. The minimum absolute atomic E-state index is 0.416. The molecule has 0 radical (unpaired) electrons. The number of alkyl halides is 8. The molecule has 0 amide bonds. The van der Waals surface area contributed by atoms with Crippen LogP contribution in [0.2, 0.25) is 0 Å². The molecule has 0 aliphatic carbocycles. The fourth-order valence-corrected chi connectivity index (χ4v) is 3.35. The van der Waals surface area contributed by atoms with Crippen molar-refractivity contribution in [2.75, 3.05) is 13.2 Å². The van der Waals surface area contributed by atoms with E-state index in [0.717, 1.165) is 13.2 Å². The fourth-order valence-electron chi connectivity index (χ4n) is 3.35. The largest absolute Gasteiger partial charge is 0.377 e. The number of hydrogen-bond donors (Lipinski definition) is 0. The molecule has 1 heterocycles. The summed E-state index contributed by atoms with van der Waals surface area (Å²) in [6.45, 7) is 10.1. The fraction of sp³-hybridized carbons (Fsp3) is 1.00. The molecule has 0 aromatic carbocycles. The molecule has 232 valence electrons. The van der Waals surface area contributed by atoms with E-state index in [1.165, 1.54) is 96.3 Å².